The number of carbonyl (C=O) groups excluding carboxylic acids is 1. The summed E-state index contributed by atoms with van der Waals surface area (Å²) in [7, 11) is 0. The van der Waals surface area contributed by atoms with Gasteiger partial charge in [-0.25, -0.2) is 4.79 Å². The fourth-order valence-corrected chi connectivity index (χ4v) is 1.84. The summed E-state index contributed by atoms with van der Waals surface area (Å²) in [5, 5.41) is 12.6. The first-order chi connectivity index (χ1) is 9.31. The molecule has 20 heavy (non-hydrogen) atoms. The summed E-state index contributed by atoms with van der Waals surface area (Å²) in [5.74, 6) is 0.0333. The van der Waals surface area contributed by atoms with E-state index in [9.17, 15) is 9.90 Å². The number of halogens is 1. The van der Waals surface area contributed by atoms with Crippen LogP contribution in [0.25, 0.3) is 0 Å². The number of aliphatic hydroxyl groups is 1. The average molecular weight is 301 g/mol. The van der Waals surface area contributed by atoms with Crippen LogP contribution in [0.4, 0.5) is 4.79 Å². The van der Waals surface area contributed by atoms with Gasteiger partial charge in [-0.05, 0) is 44.9 Å². The van der Waals surface area contributed by atoms with E-state index in [1.807, 2.05) is 12.1 Å². The summed E-state index contributed by atoms with van der Waals surface area (Å²) in [4.78, 5) is 15.7. The number of hydrogen-bond donors (Lipinski definition) is 2. The zero-order valence-corrected chi connectivity index (χ0v) is 12.7. The minimum Gasteiger partial charge on any atom is -0.444 e. The van der Waals surface area contributed by atoms with E-state index in [0.717, 1.165) is 5.56 Å². The quantitative estimate of drug-likeness (QED) is 0.817. The van der Waals surface area contributed by atoms with Crippen LogP contribution in [0.15, 0.2) is 24.5 Å². The minimum absolute atomic E-state index is 0.0333. The number of carbonyl (C=O) groups is 1. The Morgan fingerprint density at radius 1 is 1.45 bits per heavy atom. The van der Waals surface area contributed by atoms with E-state index in [1.165, 1.54) is 0 Å². The minimum atomic E-state index is -0.850. The number of nitrogens with one attached hydrogen (secondary N) is 1. The lowest BCUT2D eigenvalue weighted by atomic mass is 10.0. The lowest BCUT2D eigenvalue weighted by Gasteiger charge is -2.26. The Labute approximate surface area is 124 Å². The van der Waals surface area contributed by atoms with Gasteiger partial charge in [-0.3, -0.25) is 4.98 Å². The molecule has 0 aliphatic heterocycles. The molecule has 1 aromatic heterocycles. The molecule has 0 aliphatic carbocycles. The van der Waals surface area contributed by atoms with Crippen molar-refractivity contribution < 1.29 is 14.6 Å². The van der Waals surface area contributed by atoms with Gasteiger partial charge in [-0.15, -0.1) is 11.6 Å². The summed E-state index contributed by atoms with van der Waals surface area (Å²) >= 11 is 5.68. The maximum atomic E-state index is 11.8. The molecule has 0 aromatic carbocycles. The van der Waals surface area contributed by atoms with Crippen molar-refractivity contribution in [2.45, 2.75) is 44.9 Å². The number of rotatable bonds is 5. The monoisotopic (exact) mass is 300 g/mol. The van der Waals surface area contributed by atoms with Gasteiger partial charge in [0.25, 0.3) is 0 Å². The van der Waals surface area contributed by atoms with Gasteiger partial charge in [0.05, 0.1) is 18.0 Å². The van der Waals surface area contributed by atoms with Crippen LogP contribution >= 0.6 is 11.6 Å². The molecule has 0 unspecified atom stereocenters. The second-order valence-corrected chi connectivity index (χ2v) is 5.84. The highest BCUT2D eigenvalue weighted by molar-refractivity contribution is 6.18. The Bertz CT molecular complexity index is 420. The van der Waals surface area contributed by atoms with E-state index in [4.69, 9.17) is 16.3 Å². The van der Waals surface area contributed by atoms with Crippen molar-refractivity contribution in [3.05, 3.63) is 30.1 Å². The number of aromatic nitrogens is 1. The van der Waals surface area contributed by atoms with Crippen LogP contribution in [0, 0.1) is 0 Å². The van der Waals surface area contributed by atoms with Crippen LogP contribution in [-0.2, 0) is 11.2 Å². The Morgan fingerprint density at radius 3 is 2.55 bits per heavy atom. The van der Waals surface area contributed by atoms with E-state index in [2.05, 4.69) is 10.3 Å². The standard InChI is InChI=1S/C14H21ClN2O3/c1-14(2,3)20-13(19)17-11(12(18)9-15)8-10-4-6-16-7-5-10/h4-7,11-12,18H,8-9H2,1-3H3,(H,17,19)/t11-,12-/m1/s1. The molecule has 2 atom stereocenters. The van der Waals surface area contributed by atoms with Gasteiger partial charge >= 0.3 is 6.09 Å². The molecule has 0 spiro atoms. The maximum Gasteiger partial charge on any atom is 0.407 e. The predicted octanol–water partition coefficient (Wildman–Crippen LogP) is 2.12. The van der Waals surface area contributed by atoms with Crippen molar-refractivity contribution in [3.63, 3.8) is 0 Å². The number of amides is 1. The second kappa shape index (κ2) is 7.45. The van der Waals surface area contributed by atoms with Crippen LogP contribution in [0.3, 0.4) is 0 Å². The summed E-state index contributed by atoms with van der Waals surface area (Å²) in [6.45, 7) is 5.34. The molecule has 1 heterocycles. The number of alkyl carbamates (subject to hydrolysis) is 1. The topological polar surface area (TPSA) is 71.5 Å². The normalized spacial score (nSPS) is 14.4. The number of aliphatic hydroxyl groups excluding tert-OH is 1. The van der Waals surface area contributed by atoms with Crippen LogP contribution in [-0.4, -0.2) is 39.8 Å². The lowest BCUT2D eigenvalue weighted by Crippen LogP contribution is -2.47. The maximum absolute atomic E-state index is 11.8. The average Bonchev–Trinajstić information content (AvgIpc) is 2.36. The summed E-state index contributed by atoms with van der Waals surface area (Å²) in [5.41, 5.74) is 0.363. The third-order valence-corrected chi connectivity index (χ3v) is 2.85. The van der Waals surface area contributed by atoms with Crippen molar-refractivity contribution in [1.29, 1.82) is 0 Å². The van der Waals surface area contributed by atoms with Gasteiger partial charge in [0.1, 0.15) is 5.60 Å². The number of nitrogens with zero attached hydrogens (tertiary/aromatic N) is 1. The Balaban J connectivity index is 2.68. The number of hydrogen-bond acceptors (Lipinski definition) is 4. The molecule has 0 aliphatic rings. The fraction of sp³-hybridized carbons (Fsp3) is 0.571. The SMILES string of the molecule is CC(C)(C)OC(=O)N[C@H](Cc1ccncc1)[C@H](O)CCl. The van der Waals surface area contributed by atoms with Crippen LogP contribution in [0.5, 0.6) is 0 Å². The molecule has 5 nitrogen and oxygen atoms in total. The van der Waals surface area contributed by atoms with E-state index < -0.39 is 23.8 Å². The van der Waals surface area contributed by atoms with Gasteiger partial charge in [0.2, 0.25) is 0 Å². The Morgan fingerprint density at radius 2 is 2.05 bits per heavy atom. The van der Waals surface area contributed by atoms with E-state index in [-0.39, 0.29) is 5.88 Å². The zero-order valence-electron chi connectivity index (χ0n) is 12.0. The molecule has 1 rings (SSSR count). The van der Waals surface area contributed by atoms with Crippen molar-refractivity contribution in [2.24, 2.45) is 0 Å². The summed E-state index contributed by atoms with van der Waals surface area (Å²) in [6, 6.07) is 3.14. The molecule has 112 valence electrons. The molecule has 1 amide bonds. The molecule has 1 aromatic rings. The molecule has 0 radical (unpaired) electrons. The van der Waals surface area contributed by atoms with Gasteiger partial charge in [-0.1, -0.05) is 0 Å². The van der Waals surface area contributed by atoms with Crippen LogP contribution in [0.1, 0.15) is 26.3 Å². The molecule has 6 heteroatoms. The highest BCUT2D eigenvalue weighted by Gasteiger charge is 2.24. The van der Waals surface area contributed by atoms with E-state index in [1.54, 1.807) is 33.2 Å². The van der Waals surface area contributed by atoms with Gasteiger partial charge < -0.3 is 15.2 Å². The highest BCUT2D eigenvalue weighted by Crippen LogP contribution is 2.10. The molecular weight excluding hydrogens is 280 g/mol. The lowest BCUT2D eigenvalue weighted by molar-refractivity contribution is 0.0440. The van der Waals surface area contributed by atoms with Gasteiger partial charge in [-0.2, -0.15) is 0 Å². The first kappa shape index (κ1) is 16.7. The Hall–Kier alpha value is -1.33. The molecule has 2 N–H and O–H groups in total. The molecule has 0 saturated carbocycles. The van der Waals surface area contributed by atoms with Crippen molar-refractivity contribution in [1.82, 2.24) is 10.3 Å². The fourth-order valence-electron chi connectivity index (χ4n) is 1.62. The first-order valence-electron chi connectivity index (χ1n) is 6.44. The molecule has 0 bridgehead atoms. The largest absolute Gasteiger partial charge is 0.444 e. The predicted molar refractivity (Wildman–Crippen MR) is 77.8 cm³/mol. The van der Waals surface area contributed by atoms with Crippen LogP contribution < -0.4 is 5.32 Å². The smallest absolute Gasteiger partial charge is 0.407 e. The van der Waals surface area contributed by atoms with Crippen molar-refractivity contribution >= 4 is 17.7 Å². The van der Waals surface area contributed by atoms with E-state index >= 15 is 0 Å². The van der Waals surface area contributed by atoms with Gasteiger partial charge in [0, 0.05) is 12.4 Å². The second-order valence-electron chi connectivity index (χ2n) is 5.53. The molecule has 0 saturated heterocycles. The Kier molecular flexibility index (Phi) is 6.23. The highest BCUT2D eigenvalue weighted by atomic mass is 35.5. The summed E-state index contributed by atoms with van der Waals surface area (Å²) < 4.78 is 5.18. The zero-order chi connectivity index (χ0) is 15.2. The third-order valence-electron chi connectivity index (χ3n) is 2.53. The third kappa shape index (κ3) is 6.21. The van der Waals surface area contributed by atoms with Crippen molar-refractivity contribution in [2.75, 3.05) is 5.88 Å². The number of ether oxygens (including phenoxy) is 1. The number of pyridine rings is 1. The molecular formula is C14H21ClN2O3. The van der Waals surface area contributed by atoms with Gasteiger partial charge in [0.15, 0.2) is 0 Å². The van der Waals surface area contributed by atoms with Crippen LogP contribution in [0.2, 0.25) is 0 Å². The van der Waals surface area contributed by atoms with Crippen molar-refractivity contribution in [3.8, 4) is 0 Å². The summed E-state index contributed by atoms with van der Waals surface area (Å²) in [6.07, 6.45) is 2.35. The number of alkyl halides is 1. The molecule has 0 fully saturated rings. The van der Waals surface area contributed by atoms with E-state index in [0.29, 0.717) is 6.42 Å². The first-order valence-corrected chi connectivity index (χ1v) is 6.97.